The maximum absolute atomic E-state index is 11.4. The topological polar surface area (TPSA) is 93.7 Å². The van der Waals surface area contributed by atoms with Crippen LogP contribution in [0.5, 0.6) is 0 Å². The Bertz CT molecular complexity index is 343. The molecule has 0 aliphatic heterocycles. The van der Waals surface area contributed by atoms with Crippen molar-refractivity contribution >= 4 is 15.9 Å². The summed E-state index contributed by atoms with van der Waals surface area (Å²) in [7, 11) is -3.21. The van der Waals surface area contributed by atoms with Crippen molar-refractivity contribution < 1.29 is 22.7 Å². The maximum atomic E-state index is 11.4. The molecule has 1 amide bonds. The Morgan fingerprint density at radius 3 is 2.05 bits per heavy atom. The molecule has 2 N–H and O–H groups in total. The fourth-order valence-electron chi connectivity index (χ4n) is 1.04. The number of nitrogens with one attached hydrogen (secondary N) is 2. The Hall–Kier alpha value is -0.700. The molecule has 0 spiro atoms. The van der Waals surface area contributed by atoms with E-state index >= 15 is 0 Å². The van der Waals surface area contributed by atoms with Crippen LogP contribution in [0.1, 0.15) is 20.8 Å². The SMILES string of the molecule is CC(=O)NCCOCCOCCNS(=O)(=O)C(C)C. The molecule has 0 saturated heterocycles. The second-order valence-corrected chi connectivity index (χ2v) is 6.52. The largest absolute Gasteiger partial charge is 0.378 e. The summed E-state index contributed by atoms with van der Waals surface area (Å²) in [5, 5.41) is 2.16. The number of ether oxygens (including phenoxy) is 2. The first kappa shape index (κ1) is 18.3. The third-order valence-electron chi connectivity index (χ3n) is 2.16. The van der Waals surface area contributed by atoms with Crippen LogP contribution in [0.2, 0.25) is 0 Å². The predicted molar refractivity (Wildman–Crippen MR) is 72.4 cm³/mol. The second-order valence-electron chi connectivity index (χ2n) is 4.20. The summed E-state index contributed by atoms with van der Waals surface area (Å²) >= 11 is 0. The van der Waals surface area contributed by atoms with Crippen molar-refractivity contribution in [2.45, 2.75) is 26.0 Å². The van der Waals surface area contributed by atoms with Gasteiger partial charge in [-0.2, -0.15) is 0 Å². The Balaban J connectivity index is 3.31. The van der Waals surface area contributed by atoms with Crippen molar-refractivity contribution in [2.24, 2.45) is 0 Å². The average Bonchev–Trinajstić information content (AvgIpc) is 2.30. The van der Waals surface area contributed by atoms with E-state index in [9.17, 15) is 13.2 Å². The van der Waals surface area contributed by atoms with E-state index in [-0.39, 0.29) is 12.5 Å². The molecule has 0 atom stereocenters. The monoisotopic (exact) mass is 296 g/mol. The Kier molecular flexibility index (Phi) is 9.76. The Labute approximate surface area is 115 Å². The van der Waals surface area contributed by atoms with Crippen LogP contribution in [0.25, 0.3) is 0 Å². The molecule has 0 aliphatic rings. The molecule has 19 heavy (non-hydrogen) atoms. The van der Waals surface area contributed by atoms with E-state index < -0.39 is 15.3 Å². The summed E-state index contributed by atoms with van der Waals surface area (Å²) in [4.78, 5) is 10.5. The lowest BCUT2D eigenvalue weighted by Crippen LogP contribution is -2.33. The van der Waals surface area contributed by atoms with Gasteiger partial charge < -0.3 is 14.8 Å². The first-order valence-electron chi connectivity index (χ1n) is 6.24. The summed E-state index contributed by atoms with van der Waals surface area (Å²) in [6.45, 7) is 6.96. The molecule has 0 aromatic heterocycles. The lowest BCUT2D eigenvalue weighted by atomic mass is 10.6. The molecule has 0 aliphatic carbocycles. The highest BCUT2D eigenvalue weighted by Crippen LogP contribution is 1.94. The molecule has 0 aromatic carbocycles. The molecule has 0 saturated carbocycles. The van der Waals surface area contributed by atoms with Gasteiger partial charge in [0.05, 0.1) is 31.7 Å². The van der Waals surface area contributed by atoms with Gasteiger partial charge in [0, 0.05) is 20.0 Å². The third kappa shape index (κ3) is 10.9. The van der Waals surface area contributed by atoms with Crippen LogP contribution in [0.4, 0.5) is 0 Å². The number of sulfonamides is 1. The van der Waals surface area contributed by atoms with Crippen LogP contribution >= 0.6 is 0 Å². The van der Waals surface area contributed by atoms with E-state index in [1.807, 2.05) is 0 Å². The Morgan fingerprint density at radius 1 is 1.05 bits per heavy atom. The van der Waals surface area contributed by atoms with Gasteiger partial charge in [0.15, 0.2) is 0 Å². The number of amides is 1. The van der Waals surface area contributed by atoms with Crippen molar-refractivity contribution in [3.8, 4) is 0 Å². The van der Waals surface area contributed by atoms with Gasteiger partial charge in [-0.1, -0.05) is 0 Å². The van der Waals surface area contributed by atoms with Gasteiger partial charge in [0.1, 0.15) is 0 Å². The number of carbonyl (C=O) groups is 1. The zero-order valence-electron chi connectivity index (χ0n) is 11.8. The van der Waals surface area contributed by atoms with Crippen molar-refractivity contribution in [1.29, 1.82) is 0 Å². The maximum Gasteiger partial charge on any atom is 0.216 e. The van der Waals surface area contributed by atoms with E-state index in [0.717, 1.165) is 0 Å². The highest BCUT2D eigenvalue weighted by Gasteiger charge is 2.13. The molecule has 0 unspecified atom stereocenters. The van der Waals surface area contributed by atoms with E-state index in [2.05, 4.69) is 10.0 Å². The van der Waals surface area contributed by atoms with Crippen molar-refractivity contribution in [2.75, 3.05) is 39.5 Å². The normalized spacial score (nSPS) is 11.8. The summed E-state index contributed by atoms with van der Waals surface area (Å²) < 4.78 is 35.6. The molecule has 7 nitrogen and oxygen atoms in total. The molecule has 0 heterocycles. The quantitative estimate of drug-likeness (QED) is 0.501. The third-order valence-corrected chi connectivity index (χ3v) is 4.01. The molecule has 0 fully saturated rings. The van der Waals surface area contributed by atoms with Gasteiger partial charge in [0.2, 0.25) is 15.9 Å². The van der Waals surface area contributed by atoms with Crippen LogP contribution in [0.3, 0.4) is 0 Å². The van der Waals surface area contributed by atoms with Gasteiger partial charge in [-0.15, -0.1) is 0 Å². The van der Waals surface area contributed by atoms with Crippen molar-refractivity contribution in [3.05, 3.63) is 0 Å². The van der Waals surface area contributed by atoms with E-state index in [0.29, 0.717) is 33.0 Å². The standard InChI is InChI=1S/C11H24N2O5S/c1-10(2)19(15,16)13-5-7-18-9-8-17-6-4-12-11(3)14/h10,13H,4-9H2,1-3H3,(H,12,14). The van der Waals surface area contributed by atoms with Gasteiger partial charge in [-0.05, 0) is 13.8 Å². The van der Waals surface area contributed by atoms with E-state index in [1.165, 1.54) is 6.92 Å². The van der Waals surface area contributed by atoms with Crippen LogP contribution in [-0.2, 0) is 24.3 Å². The van der Waals surface area contributed by atoms with Crippen LogP contribution in [0.15, 0.2) is 0 Å². The zero-order valence-corrected chi connectivity index (χ0v) is 12.6. The predicted octanol–water partition coefficient (Wildman–Crippen LogP) is -0.516. The number of hydrogen-bond donors (Lipinski definition) is 2. The first-order valence-corrected chi connectivity index (χ1v) is 7.79. The summed E-state index contributed by atoms with van der Waals surface area (Å²) in [6.07, 6.45) is 0. The summed E-state index contributed by atoms with van der Waals surface area (Å²) in [5.41, 5.74) is 0. The minimum Gasteiger partial charge on any atom is -0.378 e. The molecule has 0 rings (SSSR count). The molecule has 8 heteroatoms. The van der Waals surface area contributed by atoms with E-state index in [1.54, 1.807) is 13.8 Å². The van der Waals surface area contributed by atoms with Crippen LogP contribution < -0.4 is 10.0 Å². The molecular weight excluding hydrogens is 272 g/mol. The Morgan fingerprint density at radius 2 is 1.58 bits per heavy atom. The van der Waals surface area contributed by atoms with Gasteiger partial charge in [0.25, 0.3) is 0 Å². The van der Waals surface area contributed by atoms with Crippen molar-refractivity contribution in [3.63, 3.8) is 0 Å². The van der Waals surface area contributed by atoms with Gasteiger partial charge in [-0.3, -0.25) is 4.79 Å². The van der Waals surface area contributed by atoms with Gasteiger partial charge >= 0.3 is 0 Å². The van der Waals surface area contributed by atoms with Crippen LogP contribution in [0, 0.1) is 0 Å². The highest BCUT2D eigenvalue weighted by atomic mass is 32.2. The minimum absolute atomic E-state index is 0.0858. The molecule has 0 bridgehead atoms. The van der Waals surface area contributed by atoms with Crippen LogP contribution in [-0.4, -0.2) is 59.1 Å². The fraction of sp³-hybridized carbons (Fsp3) is 0.909. The molecule has 0 radical (unpaired) electrons. The lowest BCUT2D eigenvalue weighted by Gasteiger charge is -2.10. The number of hydrogen-bond acceptors (Lipinski definition) is 5. The van der Waals surface area contributed by atoms with E-state index in [4.69, 9.17) is 9.47 Å². The second kappa shape index (κ2) is 10.1. The first-order chi connectivity index (χ1) is 8.86. The minimum atomic E-state index is -3.21. The molecular formula is C11H24N2O5S. The number of carbonyl (C=O) groups excluding carboxylic acids is 1. The average molecular weight is 296 g/mol. The number of rotatable bonds is 11. The zero-order chi connectivity index (χ0) is 14.7. The summed E-state index contributed by atoms with van der Waals surface area (Å²) in [5.74, 6) is -0.0858. The van der Waals surface area contributed by atoms with Crippen molar-refractivity contribution in [1.82, 2.24) is 10.0 Å². The van der Waals surface area contributed by atoms with Gasteiger partial charge in [-0.25, -0.2) is 13.1 Å². The smallest absolute Gasteiger partial charge is 0.216 e. The summed E-state index contributed by atoms with van der Waals surface area (Å²) in [6, 6.07) is 0. The fourth-order valence-corrected chi connectivity index (χ4v) is 1.75. The molecule has 114 valence electrons. The highest BCUT2D eigenvalue weighted by molar-refractivity contribution is 7.90. The molecule has 0 aromatic rings. The lowest BCUT2D eigenvalue weighted by molar-refractivity contribution is -0.119.